The van der Waals surface area contributed by atoms with Crippen molar-refractivity contribution in [1.82, 2.24) is 0 Å². The zero-order valence-corrected chi connectivity index (χ0v) is 13.2. The number of carbonyl (C=O) groups is 1. The highest BCUT2D eigenvalue weighted by Gasteiger charge is 2.17. The van der Waals surface area contributed by atoms with E-state index < -0.39 is 10.9 Å². The van der Waals surface area contributed by atoms with Crippen molar-refractivity contribution in [2.24, 2.45) is 0 Å². The maximum absolute atomic E-state index is 11.4. The van der Waals surface area contributed by atoms with E-state index in [1.807, 2.05) is 30.3 Å². The van der Waals surface area contributed by atoms with E-state index in [1.165, 1.54) is 19.2 Å². The third kappa shape index (κ3) is 3.07. The van der Waals surface area contributed by atoms with Gasteiger partial charge in [-0.15, -0.1) is 0 Å². The summed E-state index contributed by atoms with van der Waals surface area (Å²) in [4.78, 5) is 21.8. The molecule has 0 aliphatic carbocycles. The molecule has 0 atom stereocenters. The van der Waals surface area contributed by atoms with Crippen LogP contribution in [0.1, 0.15) is 10.4 Å². The van der Waals surface area contributed by atoms with E-state index in [4.69, 9.17) is 4.74 Å². The van der Waals surface area contributed by atoms with Crippen molar-refractivity contribution >= 4 is 33.8 Å². The third-order valence-corrected chi connectivity index (χ3v) is 3.80. The highest BCUT2D eigenvalue weighted by Crippen LogP contribution is 2.36. The third-order valence-electron chi connectivity index (χ3n) is 3.80. The number of aromatic carboxylic acids is 1. The number of methoxy groups -OCH3 is 1. The van der Waals surface area contributed by atoms with Crippen LogP contribution in [0.3, 0.4) is 0 Å². The van der Waals surface area contributed by atoms with Gasteiger partial charge in [0.1, 0.15) is 5.75 Å². The number of hydrogen-bond acceptors (Lipinski definition) is 5. The minimum atomic E-state index is -1.18. The molecule has 0 saturated heterocycles. The lowest BCUT2D eigenvalue weighted by molar-refractivity contribution is -0.384. The van der Waals surface area contributed by atoms with Gasteiger partial charge in [0.15, 0.2) is 0 Å². The first-order valence-electron chi connectivity index (χ1n) is 7.35. The molecule has 0 heterocycles. The summed E-state index contributed by atoms with van der Waals surface area (Å²) in [6.45, 7) is 0. The van der Waals surface area contributed by atoms with E-state index in [2.05, 4.69) is 5.32 Å². The van der Waals surface area contributed by atoms with Crippen LogP contribution in [0.4, 0.5) is 17.1 Å². The van der Waals surface area contributed by atoms with E-state index in [9.17, 15) is 20.0 Å². The number of rotatable bonds is 5. The Balaban J connectivity index is 2.13. The highest BCUT2D eigenvalue weighted by molar-refractivity contribution is 5.98. The van der Waals surface area contributed by atoms with Crippen LogP contribution in [-0.2, 0) is 0 Å². The second-order valence-electron chi connectivity index (χ2n) is 5.28. The van der Waals surface area contributed by atoms with Crippen LogP contribution >= 0.6 is 0 Å². The largest absolute Gasteiger partial charge is 0.494 e. The van der Waals surface area contributed by atoms with Crippen LogP contribution in [0.5, 0.6) is 5.75 Å². The second kappa shape index (κ2) is 6.48. The Labute approximate surface area is 142 Å². The Bertz CT molecular complexity index is 984. The molecule has 0 aliphatic heterocycles. The molecule has 3 aromatic carbocycles. The van der Waals surface area contributed by atoms with E-state index in [0.29, 0.717) is 11.4 Å². The number of fused-ring (bicyclic) bond motifs is 1. The van der Waals surface area contributed by atoms with Crippen molar-refractivity contribution in [3.05, 3.63) is 70.3 Å². The summed E-state index contributed by atoms with van der Waals surface area (Å²) in [5.41, 5.74) is 0.368. The molecule has 25 heavy (non-hydrogen) atoms. The number of carboxylic acid groups (broad SMARTS) is 1. The maximum Gasteiger partial charge on any atom is 0.337 e. The van der Waals surface area contributed by atoms with Gasteiger partial charge in [-0.2, -0.15) is 0 Å². The van der Waals surface area contributed by atoms with Gasteiger partial charge in [-0.1, -0.05) is 30.3 Å². The van der Waals surface area contributed by atoms with Gasteiger partial charge >= 0.3 is 5.97 Å². The summed E-state index contributed by atoms with van der Waals surface area (Å²) in [6, 6.07) is 14.7. The molecule has 3 rings (SSSR count). The van der Waals surface area contributed by atoms with Gasteiger partial charge in [0.05, 0.1) is 29.0 Å². The number of nitro benzene ring substituents is 1. The van der Waals surface area contributed by atoms with Gasteiger partial charge in [-0.3, -0.25) is 10.1 Å². The highest BCUT2D eigenvalue weighted by atomic mass is 16.6. The molecule has 2 N–H and O–H groups in total. The number of hydrogen-bond donors (Lipinski definition) is 2. The summed E-state index contributed by atoms with van der Waals surface area (Å²) in [6.07, 6.45) is 0. The maximum atomic E-state index is 11.4. The zero-order valence-electron chi connectivity index (χ0n) is 13.2. The molecular weight excluding hydrogens is 324 g/mol. The van der Waals surface area contributed by atoms with E-state index >= 15 is 0 Å². The van der Waals surface area contributed by atoms with Crippen molar-refractivity contribution in [3.63, 3.8) is 0 Å². The number of nitro groups is 1. The Hall–Kier alpha value is -3.61. The predicted molar refractivity (Wildman–Crippen MR) is 93.8 cm³/mol. The fourth-order valence-corrected chi connectivity index (χ4v) is 2.64. The van der Waals surface area contributed by atoms with Gasteiger partial charge in [0.25, 0.3) is 5.69 Å². The second-order valence-corrected chi connectivity index (χ2v) is 5.28. The fourth-order valence-electron chi connectivity index (χ4n) is 2.64. The van der Waals surface area contributed by atoms with Gasteiger partial charge in [-0.25, -0.2) is 4.79 Å². The summed E-state index contributed by atoms with van der Waals surface area (Å²) in [5.74, 6) is -0.655. The van der Waals surface area contributed by atoms with E-state index in [0.717, 1.165) is 16.8 Å². The molecule has 0 aromatic heterocycles. The number of ether oxygens (including phenoxy) is 1. The average Bonchev–Trinajstić information content (AvgIpc) is 2.61. The molecule has 0 saturated carbocycles. The van der Waals surface area contributed by atoms with Crippen LogP contribution in [0.15, 0.2) is 54.6 Å². The topological polar surface area (TPSA) is 102 Å². The molecule has 0 fully saturated rings. The van der Waals surface area contributed by atoms with Crippen molar-refractivity contribution in [3.8, 4) is 5.75 Å². The molecule has 0 unspecified atom stereocenters. The quantitative estimate of drug-likeness (QED) is 0.534. The van der Waals surface area contributed by atoms with E-state index in [1.54, 1.807) is 6.07 Å². The molecule has 126 valence electrons. The van der Waals surface area contributed by atoms with Crippen molar-refractivity contribution in [2.75, 3.05) is 12.4 Å². The molecule has 7 nitrogen and oxygen atoms in total. The SMILES string of the molecule is COc1c(Nc2cc([N+](=O)[O-])ccc2C(=O)O)ccc2ccccc12. The first kappa shape index (κ1) is 16.3. The van der Waals surface area contributed by atoms with Crippen LogP contribution in [0, 0.1) is 10.1 Å². The number of anilines is 2. The molecule has 0 amide bonds. The van der Waals surface area contributed by atoms with Crippen LogP contribution in [0.2, 0.25) is 0 Å². The molecule has 0 aliphatic rings. The summed E-state index contributed by atoms with van der Waals surface area (Å²) < 4.78 is 5.47. The number of benzene rings is 3. The Morgan fingerprint density at radius 1 is 1.12 bits per heavy atom. The first-order chi connectivity index (χ1) is 12.0. The number of carboxylic acids is 1. The van der Waals surface area contributed by atoms with Crippen LogP contribution in [-0.4, -0.2) is 23.1 Å². The van der Waals surface area contributed by atoms with Gasteiger partial charge in [0.2, 0.25) is 0 Å². The molecule has 3 aromatic rings. The Kier molecular flexibility index (Phi) is 4.21. The minimum absolute atomic E-state index is 0.0687. The molecular formula is C18H14N2O5. The smallest absolute Gasteiger partial charge is 0.337 e. The van der Waals surface area contributed by atoms with Gasteiger partial charge in [0, 0.05) is 17.5 Å². The Morgan fingerprint density at radius 2 is 1.88 bits per heavy atom. The molecule has 0 bridgehead atoms. The lowest BCUT2D eigenvalue weighted by Crippen LogP contribution is -2.04. The van der Waals surface area contributed by atoms with Gasteiger partial charge in [-0.05, 0) is 17.5 Å². The average molecular weight is 338 g/mol. The minimum Gasteiger partial charge on any atom is -0.494 e. The molecule has 0 spiro atoms. The monoisotopic (exact) mass is 338 g/mol. The lowest BCUT2D eigenvalue weighted by atomic mass is 10.1. The normalized spacial score (nSPS) is 10.4. The number of nitrogens with one attached hydrogen (secondary N) is 1. The van der Waals surface area contributed by atoms with Crippen LogP contribution in [0.25, 0.3) is 10.8 Å². The van der Waals surface area contributed by atoms with Gasteiger partial charge < -0.3 is 15.2 Å². The lowest BCUT2D eigenvalue weighted by Gasteiger charge is -2.15. The van der Waals surface area contributed by atoms with Crippen molar-refractivity contribution in [1.29, 1.82) is 0 Å². The summed E-state index contributed by atoms with van der Waals surface area (Å²) in [5, 5.41) is 25.1. The summed E-state index contributed by atoms with van der Waals surface area (Å²) in [7, 11) is 1.51. The standard InChI is InChI=1S/C18H14N2O5/c1-25-17-13-5-3-2-4-11(13)6-9-15(17)19-16-10-12(20(23)24)7-8-14(16)18(21)22/h2-10,19H,1H3,(H,21,22). The fraction of sp³-hybridized carbons (Fsp3) is 0.0556. The Morgan fingerprint density at radius 3 is 2.56 bits per heavy atom. The first-order valence-corrected chi connectivity index (χ1v) is 7.35. The van der Waals surface area contributed by atoms with E-state index in [-0.39, 0.29) is 16.9 Å². The number of non-ortho nitro benzene ring substituents is 1. The zero-order chi connectivity index (χ0) is 18.0. The van der Waals surface area contributed by atoms with Crippen LogP contribution < -0.4 is 10.1 Å². The summed E-state index contributed by atoms with van der Waals surface area (Å²) >= 11 is 0. The van der Waals surface area contributed by atoms with Crippen molar-refractivity contribution < 1.29 is 19.6 Å². The van der Waals surface area contributed by atoms with Crippen molar-refractivity contribution in [2.45, 2.75) is 0 Å². The molecule has 0 radical (unpaired) electrons. The number of nitrogens with zero attached hydrogens (tertiary/aromatic N) is 1. The molecule has 7 heteroatoms. The predicted octanol–water partition coefficient (Wildman–Crippen LogP) is 4.20.